The van der Waals surface area contributed by atoms with Crippen LogP contribution in [0.25, 0.3) is 6.08 Å². The zero-order chi connectivity index (χ0) is 28.5. The van der Waals surface area contributed by atoms with E-state index in [1.807, 2.05) is 0 Å². The lowest BCUT2D eigenvalue weighted by molar-refractivity contribution is -0.134. The highest BCUT2D eigenvalue weighted by Gasteiger charge is 2.26. The van der Waals surface area contributed by atoms with Crippen LogP contribution in [-0.2, 0) is 14.8 Å². The summed E-state index contributed by atoms with van der Waals surface area (Å²) in [6.45, 7) is 2.66. The van der Waals surface area contributed by atoms with Crippen molar-refractivity contribution in [3.63, 3.8) is 0 Å². The van der Waals surface area contributed by atoms with E-state index in [1.54, 1.807) is 60.7 Å². The number of nitrogen functional groups attached to an aromatic ring is 1. The van der Waals surface area contributed by atoms with Gasteiger partial charge in [-0.1, -0.05) is 36.8 Å². The Labute approximate surface area is 235 Å². The molecule has 4 N–H and O–H groups in total. The molecule has 0 radical (unpaired) electrons. The van der Waals surface area contributed by atoms with Crippen LogP contribution in [-0.4, -0.2) is 74.1 Å². The van der Waals surface area contributed by atoms with Crippen LogP contribution in [0.5, 0.6) is 5.75 Å². The fraction of sp³-hybridized carbons (Fsp3) is 0.414. The summed E-state index contributed by atoms with van der Waals surface area (Å²) in [5, 5.41) is 16.8. The van der Waals surface area contributed by atoms with E-state index in [4.69, 9.17) is 20.9 Å². The first-order valence-electron chi connectivity index (χ1n) is 13.6. The van der Waals surface area contributed by atoms with Gasteiger partial charge in [0.1, 0.15) is 17.7 Å². The Morgan fingerprint density at radius 1 is 1.15 bits per heavy atom. The molecule has 1 saturated heterocycles. The van der Waals surface area contributed by atoms with Gasteiger partial charge < -0.3 is 20.5 Å². The van der Waals surface area contributed by atoms with Crippen molar-refractivity contribution in [3.05, 3.63) is 65.7 Å². The van der Waals surface area contributed by atoms with E-state index in [0.717, 1.165) is 48.8 Å². The summed E-state index contributed by atoms with van der Waals surface area (Å²) >= 11 is 0. The monoisotopic (exact) mass is 567 g/mol. The average molecular weight is 568 g/mol. The Morgan fingerprint density at radius 3 is 2.60 bits per heavy atom. The van der Waals surface area contributed by atoms with Crippen LogP contribution in [0.15, 0.2) is 59.6 Å². The fourth-order valence-electron chi connectivity index (χ4n) is 4.94. The molecule has 2 aromatic carbocycles. The molecule has 1 fully saturated rings. The van der Waals surface area contributed by atoms with E-state index >= 15 is 0 Å². The second-order valence-electron chi connectivity index (χ2n) is 10.0. The van der Waals surface area contributed by atoms with Gasteiger partial charge in [-0.3, -0.25) is 19.5 Å². The number of hydrogen-bond acceptors (Lipinski definition) is 7. The van der Waals surface area contributed by atoms with Gasteiger partial charge in [0.15, 0.2) is 5.75 Å². The molecular formula is C29H37N5O5S. The van der Waals surface area contributed by atoms with Crippen molar-refractivity contribution in [2.45, 2.75) is 44.6 Å². The van der Waals surface area contributed by atoms with Gasteiger partial charge in [-0.05, 0) is 48.7 Å². The number of sulfonamides is 1. The topological polar surface area (TPSA) is 149 Å². The molecule has 214 valence electrons. The number of aliphatic imine (C=N–C) groups is 1. The van der Waals surface area contributed by atoms with Crippen molar-refractivity contribution in [2.75, 3.05) is 36.2 Å². The maximum atomic E-state index is 12.9. The Balaban J connectivity index is 1.41. The Morgan fingerprint density at radius 2 is 1.90 bits per heavy atom. The van der Waals surface area contributed by atoms with Gasteiger partial charge in [0.25, 0.3) is 0 Å². The number of benzene rings is 2. The number of carboxylic acid groups (broad SMARTS) is 1. The van der Waals surface area contributed by atoms with E-state index in [1.165, 1.54) is 25.1 Å². The number of aliphatic carboxylic acids is 1. The van der Waals surface area contributed by atoms with Gasteiger partial charge in [0, 0.05) is 44.5 Å². The average Bonchev–Trinajstić information content (AvgIpc) is 3.21. The summed E-state index contributed by atoms with van der Waals surface area (Å²) in [5.74, 6) is -0.653. The molecule has 0 aromatic heterocycles. The molecule has 40 heavy (non-hydrogen) atoms. The first-order chi connectivity index (χ1) is 19.2. The summed E-state index contributed by atoms with van der Waals surface area (Å²) in [5.41, 5.74) is 7.19. The molecule has 4 rings (SSSR count). The summed E-state index contributed by atoms with van der Waals surface area (Å²) in [6, 6.07) is 13.7. The van der Waals surface area contributed by atoms with Crippen LogP contribution in [0.1, 0.15) is 49.7 Å². The first kappa shape index (κ1) is 29.1. The van der Waals surface area contributed by atoms with Crippen molar-refractivity contribution in [1.82, 2.24) is 4.90 Å². The zero-order valence-electron chi connectivity index (χ0n) is 22.5. The standard InChI is InChI=1S/C29H37N5O5S/c30-29(31)23-8-4-6-22(20-23)7-5-17-34(40(37,38)21-28(35)36)24-10-12-25(13-11-24)39-26-14-18-33(19-15-26)27-9-2-1-3-16-32-27/h4-8,10-13,20,26H,1-3,9,14-19,21H2,(H3,30,31)(H,35,36)/b7-5+. The lowest BCUT2D eigenvalue weighted by Crippen LogP contribution is -2.41. The molecule has 0 saturated carbocycles. The van der Waals surface area contributed by atoms with Crippen LogP contribution in [0.2, 0.25) is 0 Å². The number of piperidine rings is 1. The second-order valence-corrected chi connectivity index (χ2v) is 11.9. The van der Waals surface area contributed by atoms with Crippen LogP contribution >= 0.6 is 0 Å². The van der Waals surface area contributed by atoms with Gasteiger partial charge >= 0.3 is 5.97 Å². The van der Waals surface area contributed by atoms with Crippen LogP contribution in [0.3, 0.4) is 0 Å². The molecule has 0 bridgehead atoms. The normalized spacial score (nSPS) is 16.8. The molecule has 0 unspecified atom stereocenters. The first-order valence-corrected chi connectivity index (χ1v) is 15.2. The lowest BCUT2D eigenvalue weighted by Gasteiger charge is -2.34. The van der Waals surface area contributed by atoms with Gasteiger partial charge in [-0.25, -0.2) is 8.42 Å². The third kappa shape index (κ3) is 8.08. The number of ether oxygens (including phenoxy) is 1. The summed E-state index contributed by atoms with van der Waals surface area (Å²) in [4.78, 5) is 18.4. The van der Waals surface area contributed by atoms with Gasteiger partial charge in [-0.2, -0.15) is 0 Å². The minimum Gasteiger partial charge on any atom is -0.490 e. The largest absolute Gasteiger partial charge is 0.490 e. The van der Waals surface area contributed by atoms with E-state index in [-0.39, 0.29) is 18.5 Å². The zero-order valence-corrected chi connectivity index (χ0v) is 23.4. The Bertz CT molecular complexity index is 1350. The number of carbonyl (C=O) groups is 1. The SMILES string of the molecule is N=C(N)c1cccc(/C=C/CN(c2ccc(OC3CCN(C4=NCCCCC4)CC3)cc2)S(=O)(=O)CC(=O)O)c1. The highest BCUT2D eigenvalue weighted by atomic mass is 32.2. The second kappa shape index (κ2) is 13.5. The van der Waals surface area contributed by atoms with E-state index in [0.29, 0.717) is 17.0 Å². The van der Waals surface area contributed by atoms with E-state index in [2.05, 4.69) is 4.90 Å². The number of nitrogens with zero attached hydrogens (tertiary/aromatic N) is 3. The number of nitrogens with one attached hydrogen (secondary N) is 1. The maximum absolute atomic E-state index is 12.9. The number of carboxylic acids is 1. The highest BCUT2D eigenvalue weighted by Crippen LogP contribution is 2.26. The number of likely N-dealkylation sites (tertiary alicyclic amines) is 1. The summed E-state index contributed by atoms with van der Waals surface area (Å²) in [7, 11) is -4.14. The smallest absolute Gasteiger partial charge is 0.320 e. The minimum atomic E-state index is -4.14. The molecule has 0 amide bonds. The molecule has 2 aromatic rings. The fourth-order valence-corrected chi connectivity index (χ4v) is 6.16. The van der Waals surface area contributed by atoms with Crippen LogP contribution in [0, 0.1) is 5.41 Å². The molecule has 10 nitrogen and oxygen atoms in total. The lowest BCUT2D eigenvalue weighted by atomic mass is 10.1. The summed E-state index contributed by atoms with van der Waals surface area (Å²) < 4.78 is 33.1. The third-order valence-corrected chi connectivity index (χ3v) is 8.65. The molecule has 2 heterocycles. The maximum Gasteiger partial charge on any atom is 0.320 e. The quantitative estimate of drug-likeness (QED) is 0.293. The molecule has 2 aliphatic heterocycles. The Kier molecular flexibility index (Phi) is 9.81. The summed E-state index contributed by atoms with van der Waals surface area (Å²) in [6.07, 6.45) is 9.83. The number of nitrogens with two attached hydrogens (primary N) is 1. The van der Waals surface area contributed by atoms with Crippen molar-refractivity contribution in [2.24, 2.45) is 10.7 Å². The number of amidine groups is 2. The minimum absolute atomic E-state index is 0.0639. The van der Waals surface area contributed by atoms with E-state index in [9.17, 15) is 18.3 Å². The number of rotatable bonds is 10. The third-order valence-electron chi connectivity index (χ3n) is 7.01. The molecular weight excluding hydrogens is 530 g/mol. The van der Waals surface area contributed by atoms with Crippen molar-refractivity contribution < 1.29 is 23.1 Å². The predicted molar refractivity (Wildman–Crippen MR) is 158 cm³/mol. The van der Waals surface area contributed by atoms with Crippen molar-refractivity contribution in [1.29, 1.82) is 5.41 Å². The van der Waals surface area contributed by atoms with Gasteiger partial charge in [0.2, 0.25) is 10.0 Å². The number of anilines is 1. The van der Waals surface area contributed by atoms with Crippen LogP contribution in [0.4, 0.5) is 5.69 Å². The van der Waals surface area contributed by atoms with Crippen molar-refractivity contribution in [3.8, 4) is 5.75 Å². The highest BCUT2D eigenvalue weighted by molar-refractivity contribution is 7.93. The van der Waals surface area contributed by atoms with Crippen molar-refractivity contribution >= 4 is 39.4 Å². The molecule has 0 spiro atoms. The molecule has 2 aliphatic rings. The number of hydrogen-bond donors (Lipinski definition) is 3. The Hall–Kier alpha value is -3.86. The predicted octanol–water partition coefficient (Wildman–Crippen LogP) is 3.72. The molecule has 0 atom stereocenters. The molecule has 0 aliphatic carbocycles. The van der Waals surface area contributed by atoms with Crippen LogP contribution < -0.4 is 14.8 Å². The molecule has 11 heteroatoms. The van der Waals surface area contributed by atoms with E-state index < -0.39 is 21.7 Å². The van der Waals surface area contributed by atoms with Gasteiger partial charge in [0.05, 0.1) is 18.1 Å². The van der Waals surface area contributed by atoms with Gasteiger partial charge in [-0.15, -0.1) is 0 Å².